The third-order valence-electron chi connectivity index (χ3n) is 2.92. The highest BCUT2D eigenvalue weighted by atomic mass is 35.5. The standard InChI is InChI=1S/C14H12Cl3N5O4S/c1-5-4-27-8(19-5)2-6(23)21-22-7(24)3-26-14(25)12-9(15)11(18)10(16)13(17)20-12/h4H,2-3H2,1H3,(H2,18,20)(H,21,23)(H,22,24). The van der Waals surface area contributed by atoms with Gasteiger partial charge in [0.25, 0.3) is 5.91 Å². The number of pyridine rings is 1. The van der Waals surface area contributed by atoms with E-state index in [0.29, 0.717) is 5.01 Å². The number of thiazole rings is 1. The number of esters is 1. The van der Waals surface area contributed by atoms with Crippen molar-refractivity contribution in [2.24, 2.45) is 0 Å². The Kier molecular flexibility index (Phi) is 7.19. The average Bonchev–Trinajstić information content (AvgIpc) is 3.03. The van der Waals surface area contributed by atoms with Crippen LogP contribution in [0.5, 0.6) is 0 Å². The van der Waals surface area contributed by atoms with Gasteiger partial charge in [-0.05, 0) is 6.92 Å². The number of hydrazine groups is 1. The molecule has 13 heteroatoms. The lowest BCUT2D eigenvalue weighted by atomic mass is 10.3. The summed E-state index contributed by atoms with van der Waals surface area (Å²) in [6.45, 7) is 1.10. The van der Waals surface area contributed by atoms with Crippen molar-refractivity contribution in [2.45, 2.75) is 13.3 Å². The van der Waals surface area contributed by atoms with E-state index in [4.69, 9.17) is 45.3 Å². The Labute approximate surface area is 172 Å². The molecule has 0 saturated carbocycles. The molecule has 2 amide bonds. The maximum Gasteiger partial charge on any atom is 0.359 e. The van der Waals surface area contributed by atoms with Crippen LogP contribution >= 0.6 is 46.1 Å². The van der Waals surface area contributed by atoms with Crippen LogP contribution in [0.2, 0.25) is 15.2 Å². The molecular formula is C14H12Cl3N5O4S. The van der Waals surface area contributed by atoms with E-state index in [1.807, 2.05) is 0 Å². The van der Waals surface area contributed by atoms with Crippen LogP contribution in [-0.4, -0.2) is 34.4 Å². The molecule has 2 rings (SSSR count). The number of carbonyl (C=O) groups excluding carboxylic acids is 3. The maximum absolute atomic E-state index is 12.0. The monoisotopic (exact) mass is 451 g/mol. The Morgan fingerprint density at radius 2 is 1.81 bits per heavy atom. The van der Waals surface area contributed by atoms with Gasteiger partial charge in [0.15, 0.2) is 17.5 Å². The number of nitrogens with zero attached hydrogens (tertiary/aromatic N) is 2. The molecule has 0 aliphatic rings. The second kappa shape index (κ2) is 9.18. The molecule has 2 heterocycles. The summed E-state index contributed by atoms with van der Waals surface area (Å²) in [6.07, 6.45) is 0.000648. The van der Waals surface area contributed by atoms with Crippen LogP contribution in [0.15, 0.2) is 5.38 Å². The quantitative estimate of drug-likeness (QED) is 0.358. The van der Waals surface area contributed by atoms with Gasteiger partial charge in [-0.1, -0.05) is 34.8 Å². The molecule has 144 valence electrons. The minimum Gasteiger partial charge on any atom is -0.451 e. The number of ether oxygens (including phenoxy) is 1. The first-order chi connectivity index (χ1) is 12.7. The molecule has 2 aromatic heterocycles. The molecule has 0 unspecified atom stereocenters. The normalized spacial score (nSPS) is 10.4. The fourth-order valence-corrected chi connectivity index (χ4v) is 3.06. The van der Waals surface area contributed by atoms with Crippen LogP contribution < -0.4 is 16.6 Å². The molecule has 0 saturated heterocycles. The zero-order valence-corrected chi connectivity index (χ0v) is 16.7. The van der Waals surface area contributed by atoms with E-state index in [2.05, 4.69) is 20.8 Å². The van der Waals surface area contributed by atoms with E-state index in [1.165, 1.54) is 11.3 Å². The van der Waals surface area contributed by atoms with E-state index < -0.39 is 24.4 Å². The van der Waals surface area contributed by atoms with Crippen molar-refractivity contribution in [3.8, 4) is 0 Å². The van der Waals surface area contributed by atoms with Gasteiger partial charge in [0.2, 0.25) is 5.91 Å². The number of nitrogen functional groups attached to an aromatic ring is 1. The first-order valence-electron chi connectivity index (χ1n) is 7.14. The van der Waals surface area contributed by atoms with Crippen LogP contribution in [0.1, 0.15) is 21.2 Å². The Morgan fingerprint density at radius 3 is 2.44 bits per heavy atom. The highest BCUT2D eigenvalue weighted by Gasteiger charge is 2.21. The van der Waals surface area contributed by atoms with Crippen LogP contribution in [0.3, 0.4) is 0 Å². The Hall–Kier alpha value is -2.14. The van der Waals surface area contributed by atoms with Gasteiger partial charge >= 0.3 is 5.97 Å². The summed E-state index contributed by atoms with van der Waals surface area (Å²) in [7, 11) is 0. The third-order valence-corrected chi connectivity index (χ3v) is 5.02. The third kappa shape index (κ3) is 5.67. The number of hydrogen-bond donors (Lipinski definition) is 3. The molecule has 0 radical (unpaired) electrons. The Bertz CT molecular complexity index is 905. The summed E-state index contributed by atoms with van der Waals surface area (Å²) in [4.78, 5) is 43.1. The van der Waals surface area contributed by atoms with Crippen LogP contribution in [-0.2, 0) is 20.7 Å². The van der Waals surface area contributed by atoms with Crippen molar-refractivity contribution >= 4 is 69.6 Å². The largest absolute Gasteiger partial charge is 0.451 e. The van der Waals surface area contributed by atoms with Crippen LogP contribution in [0.25, 0.3) is 0 Å². The number of nitrogens with one attached hydrogen (secondary N) is 2. The lowest BCUT2D eigenvalue weighted by Crippen LogP contribution is -2.44. The van der Waals surface area contributed by atoms with Gasteiger partial charge in [0, 0.05) is 11.1 Å². The van der Waals surface area contributed by atoms with Crippen molar-refractivity contribution in [3.05, 3.63) is 37.0 Å². The van der Waals surface area contributed by atoms with E-state index in [1.54, 1.807) is 12.3 Å². The van der Waals surface area contributed by atoms with Gasteiger partial charge in [-0.25, -0.2) is 14.8 Å². The molecule has 4 N–H and O–H groups in total. The summed E-state index contributed by atoms with van der Waals surface area (Å²) >= 11 is 18.7. The van der Waals surface area contributed by atoms with Crippen molar-refractivity contribution in [3.63, 3.8) is 0 Å². The molecular weight excluding hydrogens is 441 g/mol. The van der Waals surface area contributed by atoms with Crippen molar-refractivity contribution in [2.75, 3.05) is 12.3 Å². The number of aromatic nitrogens is 2. The topological polar surface area (TPSA) is 136 Å². The van der Waals surface area contributed by atoms with E-state index in [0.717, 1.165) is 5.69 Å². The SMILES string of the molecule is Cc1csc(CC(=O)NNC(=O)COC(=O)c2nc(Cl)c(Cl)c(N)c2Cl)n1. The van der Waals surface area contributed by atoms with Gasteiger partial charge < -0.3 is 10.5 Å². The number of hydrogen-bond acceptors (Lipinski definition) is 8. The number of aryl methyl sites for hydroxylation is 1. The number of carbonyl (C=O) groups is 3. The molecule has 0 aliphatic heterocycles. The minimum atomic E-state index is -1.04. The molecule has 27 heavy (non-hydrogen) atoms. The second-order valence-electron chi connectivity index (χ2n) is 5.02. The zero-order chi connectivity index (χ0) is 20.1. The number of nitrogens with two attached hydrogens (primary N) is 1. The zero-order valence-electron chi connectivity index (χ0n) is 13.6. The number of amides is 2. The minimum absolute atomic E-state index is 0.000648. The van der Waals surface area contributed by atoms with Gasteiger partial charge in [-0.15, -0.1) is 11.3 Å². The first kappa shape index (κ1) is 21.2. The highest BCUT2D eigenvalue weighted by Crippen LogP contribution is 2.34. The molecule has 0 aromatic carbocycles. The first-order valence-corrected chi connectivity index (χ1v) is 9.16. The summed E-state index contributed by atoms with van der Waals surface area (Å²) < 4.78 is 4.76. The summed E-state index contributed by atoms with van der Waals surface area (Å²) in [5.74, 6) is -2.30. The van der Waals surface area contributed by atoms with Crippen molar-refractivity contribution in [1.29, 1.82) is 0 Å². The summed E-state index contributed by atoms with van der Waals surface area (Å²) in [5.41, 5.74) is 10.1. The van der Waals surface area contributed by atoms with Gasteiger partial charge in [-0.3, -0.25) is 20.4 Å². The second-order valence-corrected chi connectivity index (χ2v) is 7.08. The lowest BCUT2D eigenvalue weighted by Gasteiger charge is -2.10. The molecule has 0 atom stereocenters. The number of anilines is 1. The molecule has 0 fully saturated rings. The molecule has 0 bridgehead atoms. The number of rotatable bonds is 5. The van der Waals surface area contributed by atoms with Crippen LogP contribution in [0, 0.1) is 6.92 Å². The fraction of sp³-hybridized carbons (Fsp3) is 0.214. The Morgan fingerprint density at radius 1 is 1.15 bits per heavy atom. The average molecular weight is 453 g/mol. The fourth-order valence-electron chi connectivity index (χ4n) is 1.71. The van der Waals surface area contributed by atoms with Crippen molar-refractivity contribution < 1.29 is 19.1 Å². The summed E-state index contributed by atoms with van der Waals surface area (Å²) in [5, 5.41) is 1.81. The van der Waals surface area contributed by atoms with E-state index in [-0.39, 0.29) is 33.0 Å². The van der Waals surface area contributed by atoms with Crippen molar-refractivity contribution in [1.82, 2.24) is 20.8 Å². The van der Waals surface area contributed by atoms with Gasteiger partial charge in [-0.2, -0.15) is 0 Å². The molecule has 0 aliphatic carbocycles. The van der Waals surface area contributed by atoms with Crippen LogP contribution in [0.4, 0.5) is 5.69 Å². The predicted molar refractivity (Wildman–Crippen MR) is 101 cm³/mol. The highest BCUT2D eigenvalue weighted by molar-refractivity contribution is 7.09. The maximum atomic E-state index is 12.0. The lowest BCUT2D eigenvalue weighted by molar-refractivity contribution is -0.130. The smallest absolute Gasteiger partial charge is 0.359 e. The van der Waals surface area contributed by atoms with Gasteiger partial charge in [0.1, 0.15) is 10.0 Å². The number of halogens is 3. The molecule has 9 nitrogen and oxygen atoms in total. The van der Waals surface area contributed by atoms with Gasteiger partial charge in [0.05, 0.1) is 17.1 Å². The summed E-state index contributed by atoms with van der Waals surface area (Å²) in [6, 6.07) is 0. The molecule has 2 aromatic rings. The predicted octanol–water partition coefficient (Wildman–Crippen LogP) is 1.94. The molecule has 0 spiro atoms. The van der Waals surface area contributed by atoms with E-state index >= 15 is 0 Å². The van der Waals surface area contributed by atoms with E-state index in [9.17, 15) is 14.4 Å². The Balaban J connectivity index is 1.83.